The van der Waals surface area contributed by atoms with E-state index in [4.69, 9.17) is 5.73 Å². The van der Waals surface area contributed by atoms with Gasteiger partial charge in [0.25, 0.3) is 0 Å². The Morgan fingerprint density at radius 2 is 2.00 bits per heavy atom. The van der Waals surface area contributed by atoms with Crippen LogP contribution in [-0.2, 0) is 4.79 Å². The number of rotatable bonds is 4. The smallest absolute Gasteiger partial charge is 0.234 e. The third-order valence-electron chi connectivity index (χ3n) is 4.52. The number of benzene rings is 1. The van der Waals surface area contributed by atoms with Gasteiger partial charge in [-0.15, -0.1) is 36.2 Å². The SMILES string of the molecule is Cc1ncsc1-c1ccc([C@H](C)N2CCCC2C(N)=O)cc1.Cl.Cl. The Morgan fingerprint density at radius 1 is 1.33 bits per heavy atom. The maximum Gasteiger partial charge on any atom is 0.234 e. The number of amides is 1. The fraction of sp³-hybridized carbons (Fsp3) is 0.412. The molecule has 1 amide bonds. The van der Waals surface area contributed by atoms with Crippen molar-refractivity contribution in [2.24, 2.45) is 5.73 Å². The molecule has 132 valence electrons. The summed E-state index contributed by atoms with van der Waals surface area (Å²) in [5.74, 6) is -0.207. The fourth-order valence-corrected chi connectivity index (χ4v) is 4.05. The van der Waals surface area contributed by atoms with Crippen molar-refractivity contribution in [3.05, 3.63) is 41.0 Å². The lowest BCUT2D eigenvalue weighted by molar-refractivity contribution is -0.122. The van der Waals surface area contributed by atoms with Crippen molar-refractivity contribution in [2.75, 3.05) is 6.54 Å². The van der Waals surface area contributed by atoms with Crippen LogP contribution in [0.2, 0.25) is 0 Å². The van der Waals surface area contributed by atoms with E-state index in [1.54, 1.807) is 11.3 Å². The van der Waals surface area contributed by atoms with E-state index in [9.17, 15) is 4.79 Å². The van der Waals surface area contributed by atoms with Gasteiger partial charge in [0.2, 0.25) is 5.91 Å². The lowest BCUT2D eigenvalue weighted by Crippen LogP contribution is -2.41. The number of nitrogens with two attached hydrogens (primary N) is 1. The number of hydrogen-bond donors (Lipinski definition) is 1. The summed E-state index contributed by atoms with van der Waals surface area (Å²) in [6, 6.07) is 8.66. The van der Waals surface area contributed by atoms with E-state index >= 15 is 0 Å². The summed E-state index contributed by atoms with van der Waals surface area (Å²) in [5.41, 5.74) is 10.9. The molecule has 24 heavy (non-hydrogen) atoms. The summed E-state index contributed by atoms with van der Waals surface area (Å²) in [6.07, 6.45) is 1.91. The van der Waals surface area contributed by atoms with Gasteiger partial charge in [-0.25, -0.2) is 4.98 Å². The number of aryl methyl sites for hydroxylation is 1. The van der Waals surface area contributed by atoms with Gasteiger partial charge < -0.3 is 5.73 Å². The topological polar surface area (TPSA) is 59.2 Å². The quantitative estimate of drug-likeness (QED) is 0.862. The van der Waals surface area contributed by atoms with E-state index in [0.717, 1.165) is 25.1 Å². The number of carbonyl (C=O) groups excluding carboxylic acids is 1. The molecule has 0 radical (unpaired) electrons. The monoisotopic (exact) mass is 387 g/mol. The Balaban J connectivity index is 0.00000144. The van der Waals surface area contributed by atoms with Gasteiger partial charge >= 0.3 is 0 Å². The largest absolute Gasteiger partial charge is 0.368 e. The molecule has 0 bridgehead atoms. The van der Waals surface area contributed by atoms with E-state index in [1.165, 1.54) is 16.0 Å². The molecule has 2 aromatic rings. The molecule has 1 unspecified atom stereocenters. The molecular formula is C17H23Cl2N3OS. The van der Waals surface area contributed by atoms with E-state index in [-0.39, 0.29) is 42.8 Å². The summed E-state index contributed by atoms with van der Waals surface area (Å²) >= 11 is 1.66. The van der Waals surface area contributed by atoms with E-state index in [1.807, 2.05) is 12.4 Å². The van der Waals surface area contributed by atoms with Crippen LogP contribution < -0.4 is 5.73 Å². The van der Waals surface area contributed by atoms with Crippen LogP contribution in [-0.4, -0.2) is 28.4 Å². The van der Waals surface area contributed by atoms with Gasteiger partial charge in [0.15, 0.2) is 0 Å². The van der Waals surface area contributed by atoms with Crippen LogP contribution in [0.3, 0.4) is 0 Å². The molecule has 1 aliphatic rings. The molecule has 1 aromatic carbocycles. The molecule has 3 rings (SSSR count). The molecule has 2 heterocycles. The normalized spacial score (nSPS) is 18.5. The summed E-state index contributed by atoms with van der Waals surface area (Å²) in [4.78, 5) is 19.3. The lowest BCUT2D eigenvalue weighted by atomic mass is 10.0. The number of hydrogen-bond acceptors (Lipinski definition) is 4. The summed E-state index contributed by atoms with van der Waals surface area (Å²) in [7, 11) is 0. The van der Waals surface area contributed by atoms with Crippen molar-refractivity contribution in [1.82, 2.24) is 9.88 Å². The highest BCUT2D eigenvalue weighted by Gasteiger charge is 2.32. The summed E-state index contributed by atoms with van der Waals surface area (Å²) in [6.45, 7) is 5.11. The molecule has 1 fully saturated rings. The van der Waals surface area contributed by atoms with Crippen molar-refractivity contribution in [2.45, 2.75) is 38.8 Å². The Bertz CT molecular complexity index is 675. The van der Waals surface area contributed by atoms with Crippen LogP contribution in [0.25, 0.3) is 10.4 Å². The van der Waals surface area contributed by atoms with Gasteiger partial charge in [-0.3, -0.25) is 9.69 Å². The second kappa shape index (κ2) is 8.81. The molecule has 1 aromatic heterocycles. The van der Waals surface area contributed by atoms with Crippen molar-refractivity contribution in [3.8, 4) is 10.4 Å². The molecule has 4 nitrogen and oxygen atoms in total. The molecule has 2 atom stereocenters. The summed E-state index contributed by atoms with van der Waals surface area (Å²) in [5, 5.41) is 0. The van der Waals surface area contributed by atoms with Crippen LogP contribution in [0, 0.1) is 6.92 Å². The van der Waals surface area contributed by atoms with Crippen LogP contribution in [0.1, 0.15) is 37.1 Å². The van der Waals surface area contributed by atoms with Crippen molar-refractivity contribution < 1.29 is 4.79 Å². The van der Waals surface area contributed by atoms with Gasteiger partial charge in [0.05, 0.1) is 22.1 Å². The number of thiazole rings is 1. The van der Waals surface area contributed by atoms with Crippen LogP contribution in [0.5, 0.6) is 0 Å². The van der Waals surface area contributed by atoms with Crippen LogP contribution in [0.15, 0.2) is 29.8 Å². The lowest BCUT2D eigenvalue weighted by Gasteiger charge is -2.29. The van der Waals surface area contributed by atoms with Gasteiger partial charge in [0.1, 0.15) is 0 Å². The third-order valence-corrected chi connectivity index (χ3v) is 5.50. The average molecular weight is 388 g/mol. The van der Waals surface area contributed by atoms with E-state index < -0.39 is 0 Å². The van der Waals surface area contributed by atoms with Gasteiger partial charge in [-0.05, 0) is 44.4 Å². The molecule has 0 aliphatic carbocycles. The van der Waals surface area contributed by atoms with E-state index in [2.05, 4.69) is 41.1 Å². The molecule has 1 saturated heterocycles. The Morgan fingerprint density at radius 3 is 2.54 bits per heavy atom. The zero-order valence-corrected chi connectivity index (χ0v) is 16.2. The average Bonchev–Trinajstić information content (AvgIpc) is 3.15. The number of primary amides is 1. The van der Waals surface area contributed by atoms with Gasteiger partial charge in [-0.2, -0.15) is 0 Å². The Kier molecular flexibility index (Phi) is 7.67. The molecule has 0 spiro atoms. The maximum absolute atomic E-state index is 11.6. The predicted octanol–water partition coefficient (Wildman–Crippen LogP) is 3.97. The highest BCUT2D eigenvalue weighted by molar-refractivity contribution is 7.13. The molecular weight excluding hydrogens is 365 g/mol. The minimum absolute atomic E-state index is 0. The first-order valence-corrected chi connectivity index (χ1v) is 8.51. The molecule has 0 saturated carbocycles. The highest BCUT2D eigenvalue weighted by atomic mass is 35.5. The zero-order valence-electron chi connectivity index (χ0n) is 13.8. The second-order valence-corrected chi connectivity index (χ2v) is 6.72. The minimum atomic E-state index is -0.207. The zero-order chi connectivity index (χ0) is 15.7. The Hall–Kier alpha value is -1.14. The molecule has 2 N–H and O–H groups in total. The first-order valence-electron chi connectivity index (χ1n) is 7.63. The fourth-order valence-electron chi connectivity index (χ4n) is 3.24. The number of halogens is 2. The highest BCUT2D eigenvalue weighted by Crippen LogP contribution is 2.32. The maximum atomic E-state index is 11.6. The van der Waals surface area contributed by atoms with Crippen molar-refractivity contribution >= 4 is 42.1 Å². The standard InChI is InChI=1S/C17H21N3OS.2ClH/c1-11-16(22-10-19-11)14-7-5-13(6-8-14)12(2)20-9-3-4-15(20)17(18)21;;/h5-8,10,12,15H,3-4,9H2,1-2H3,(H2,18,21);2*1H/t12-,15?;;/m0../s1. The first kappa shape index (κ1) is 20.9. The van der Waals surface area contributed by atoms with Crippen LogP contribution >= 0.6 is 36.2 Å². The third kappa shape index (κ3) is 4.09. The van der Waals surface area contributed by atoms with Crippen molar-refractivity contribution in [1.29, 1.82) is 0 Å². The Labute approximate surface area is 159 Å². The first-order chi connectivity index (χ1) is 10.6. The second-order valence-electron chi connectivity index (χ2n) is 5.86. The number of likely N-dealkylation sites (tertiary alicyclic amines) is 1. The number of aromatic nitrogens is 1. The molecule has 1 aliphatic heterocycles. The molecule has 7 heteroatoms. The van der Waals surface area contributed by atoms with E-state index in [0.29, 0.717) is 0 Å². The number of nitrogens with zero attached hydrogens (tertiary/aromatic N) is 2. The van der Waals surface area contributed by atoms with Gasteiger partial charge in [0, 0.05) is 6.04 Å². The minimum Gasteiger partial charge on any atom is -0.368 e. The van der Waals surface area contributed by atoms with Crippen molar-refractivity contribution in [3.63, 3.8) is 0 Å². The van der Waals surface area contributed by atoms with Crippen LogP contribution in [0.4, 0.5) is 0 Å². The predicted molar refractivity (Wildman–Crippen MR) is 104 cm³/mol. The summed E-state index contributed by atoms with van der Waals surface area (Å²) < 4.78 is 0. The number of carbonyl (C=O) groups is 1. The van der Waals surface area contributed by atoms with Gasteiger partial charge in [-0.1, -0.05) is 24.3 Å².